The molecule has 0 aliphatic carbocycles. The Kier molecular flexibility index (Phi) is 5.16. The number of piperidine rings is 1. The van der Waals surface area contributed by atoms with Gasteiger partial charge in [-0.05, 0) is 39.2 Å². The van der Waals surface area contributed by atoms with Crippen LogP contribution in [0.3, 0.4) is 0 Å². The van der Waals surface area contributed by atoms with Crippen LogP contribution < -0.4 is 5.32 Å². The summed E-state index contributed by atoms with van der Waals surface area (Å²) in [7, 11) is 0. The molecule has 0 aromatic rings. The maximum atomic E-state index is 4.88. The standard InChI is InChI=1S/C13H25N3S/c1-3-7-16-8-4-12(5-9-16)15-13-14-11(2)6-10-17-13/h11-12H,3-10H2,1-2H3,(H,14,15). The summed E-state index contributed by atoms with van der Waals surface area (Å²) >= 11 is 1.90. The van der Waals surface area contributed by atoms with Gasteiger partial charge >= 0.3 is 0 Å². The number of thioether (sulfide) groups is 1. The predicted molar refractivity (Wildman–Crippen MR) is 76.9 cm³/mol. The summed E-state index contributed by atoms with van der Waals surface area (Å²) in [5, 5.41) is 4.69. The Morgan fingerprint density at radius 1 is 1.35 bits per heavy atom. The van der Waals surface area contributed by atoms with Crippen molar-refractivity contribution in [2.45, 2.75) is 51.6 Å². The van der Waals surface area contributed by atoms with Gasteiger partial charge in [-0.15, -0.1) is 0 Å². The van der Waals surface area contributed by atoms with Crippen LogP contribution >= 0.6 is 11.8 Å². The molecular weight excluding hydrogens is 230 g/mol. The van der Waals surface area contributed by atoms with Crippen molar-refractivity contribution in [3.8, 4) is 0 Å². The Morgan fingerprint density at radius 3 is 2.76 bits per heavy atom. The lowest BCUT2D eigenvalue weighted by molar-refractivity contribution is 0.214. The van der Waals surface area contributed by atoms with Crippen LogP contribution in [0.2, 0.25) is 0 Å². The van der Waals surface area contributed by atoms with E-state index in [2.05, 4.69) is 24.1 Å². The van der Waals surface area contributed by atoms with E-state index >= 15 is 0 Å². The molecule has 98 valence electrons. The predicted octanol–water partition coefficient (Wildman–Crippen LogP) is 2.33. The van der Waals surface area contributed by atoms with Crippen LogP contribution in [0.15, 0.2) is 4.99 Å². The van der Waals surface area contributed by atoms with Crippen molar-refractivity contribution < 1.29 is 0 Å². The zero-order valence-corrected chi connectivity index (χ0v) is 11.9. The molecular formula is C13H25N3S. The van der Waals surface area contributed by atoms with Crippen LogP contribution in [0.4, 0.5) is 0 Å². The zero-order valence-electron chi connectivity index (χ0n) is 11.1. The largest absolute Gasteiger partial charge is 0.362 e. The Morgan fingerprint density at radius 2 is 2.12 bits per heavy atom. The fourth-order valence-corrected chi connectivity index (χ4v) is 3.66. The molecule has 1 N–H and O–H groups in total. The van der Waals surface area contributed by atoms with Gasteiger partial charge in [-0.25, -0.2) is 0 Å². The van der Waals surface area contributed by atoms with Gasteiger partial charge in [0.1, 0.15) is 0 Å². The van der Waals surface area contributed by atoms with Crippen molar-refractivity contribution in [3.05, 3.63) is 0 Å². The lowest BCUT2D eigenvalue weighted by Gasteiger charge is -2.31. The highest BCUT2D eigenvalue weighted by Gasteiger charge is 2.20. The van der Waals surface area contributed by atoms with Crippen molar-refractivity contribution in [1.29, 1.82) is 0 Å². The van der Waals surface area contributed by atoms with Crippen LogP contribution in [0, 0.1) is 0 Å². The third kappa shape index (κ3) is 4.18. The minimum absolute atomic E-state index is 0.559. The molecule has 0 aromatic carbocycles. The number of likely N-dealkylation sites (tertiary alicyclic amines) is 1. The lowest BCUT2D eigenvalue weighted by Crippen LogP contribution is -2.39. The third-order valence-electron chi connectivity index (χ3n) is 3.56. The number of hydrogen-bond acceptors (Lipinski definition) is 3. The van der Waals surface area contributed by atoms with E-state index in [9.17, 15) is 0 Å². The summed E-state index contributed by atoms with van der Waals surface area (Å²) in [5.74, 6) is 1.22. The highest BCUT2D eigenvalue weighted by Crippen LogP contribution is 2.18. The summed E-state index contributed by atoms with van der Waals surface area (Å²) in [6, 6.07) is 1.17. The Balaban J connectivity index is 1.78. The number of hydrogen-bond donors (Lipinski definition) is 1. The molecule has 0 bridgehead atoms. The highest BCUT2D eigenvalue weighted by atomic mass is 32.2. The second-order valence-electron chi connectivity index (χ2n) is 5.19. The summed E-state index contributed by atoms with van der Waals surface area (Å²) in [4.78, 5) is 7.45. The van der Waals surface area contributed by atoms with Gasteiger partial charge in [0.25, 0.3) is 0 Å². The first-order valence-corrected chi connectivity index (χ1v) is 7.96. The van der Waals surface area contributed by atoms with Gasteiger partial charge in [-0.2, -0.15) is 0 Å². The van der Waals surface area contributed by atoms with Crippen molar-refractivity contribution in [1.82, 2.24) is 10.2 Å². The van der Waals surface area contributed by atoms with Crippen molar-refractivity contribution in [2.24, 2.45) is 4.99 Å². The quantitative estimate of drug-likeness (QED) is 0.839. The second-order valence-corrected chi connectivity index (χ2v) is 6.27. The summed E-state index contributed by atoms with van der Waals surface area (Å²) in [6.07, 6.45) is 5.01. The van der Waals surface area contributed by atoms with Crippen LogP contribution in [0.1, 0.15) is 39.5 Å². The minimum Gasteiger partial charge on any atom is -0.362 e. The molecule has 2 heterocycles. The molecule has 17 heavy (non-hydrogen) atoms. The van der Waals surface area contributed by atoms with E-state index in [0.717, 1.165) is 0 Å². The molecule has 2 rings (SSSR count). The fourth-order valence-electron chi connectivity index (χ4n) is 2.49. The SMILES string of the molecule is CCCN1CCC(N=C2NC(C)CCS2)CC1. The average molecular weight is 255 g/mol. The number of nitrogens with one attached hydrogen (secondary N) is 1. The topological polar surface area (TPSA) is 27.6 Å². The summed E-state index contributed by atoms with van der Waals surface area (Å²) in [6.45, 7) is 8.23. The molecule has 3 nitrogen and oxygen atoms in total. The molecule has 0 radical (unpaired) electrons. The van der Waals surface area contributed by atoms with Crippen molar-refractivity contribution >= 4 is 16.9 Å². The second kappa shape index (κ2) is 6.64. The number of aliphatic imine (C=N–C) groups is 1. The van der Waals surface area contributed by atoms with E-state index in [4.69, 9.17) is 4.99 Å². The first-order valence-electron chi connectivity index (χ1n) is 6.97. The maximum Gasteiger partial charge on any atom is 0.157 e. The van der Waals surface area contributed by atoms with E-state index in [1.165, 1.54) is 56.2 Å². The zero-order chi connectivity index (χ0) is 12.1. The number of amidine groups is 1. The Hall–Kier alpha value is -0.220. The van der Waals surface area contributed by atoms with Gasteiger partial charge in [0.05, 0.1) is 6.04 Å². The van der Waals surface area contributed by atoms with Crippen LogP contribution in [-0.2, 0) is 0 Å². The van der Waals surface area contributed by atoms with Gasteiger partial charge < -0.3 is 10.2 Å². The first-order chi connectivity index (χ1) is 8.28. The molecule has 4 heteroatoms. The average Bonchev–Trinajstić information content (AvgIpc) is 2.32. The highest BCUT2D eigenvalue weighted by molar-refractivity contribution is 8.13. The third-order valence-corrected chi connectivity index (χ3v) is 4.49. The van der Waals surface area contributed by atoms with Crippen LogP contribution in [-0.4, -0.2) is 47.5 Å². The lowest BCUT2D eigenvalue weighted by atomic mass is 10.1. The molecule has 0 aromatic heterocycles. The minimum atomic E-state index is 0.559. The van der Waals surface area contributed by atoms with E-state index in [1.807, 2.05) is 11.8 Å². The van der Waals surface area contributed by atoms with E-state index in [1.54, 1.807) is 0 Å². The van der Waals surface area contributed by atoms with Gasteiger partial charge in [-0.1, -0.05) is 18.7 Å². The van der Waals surface area contributed by atoms with Crippen molar-refractivity contribution in [2.75, 3.05) is 25.4 Å². The van der Waals surface area contributed by atoms with E-state index in [0.29, 0.717) is 12.1 Å². The molecule has 0 saturated carbocycles. The van der Waals surface area contributed by atoms with Crippen molar-refractivity contribution in [3.63, 3.8) is 0 Å². The number of rotatable bonds is 3. The van der Waals surface area contributed by atoms with E-state index < -0.39 is 0 Å². The molecule has 2 aliphatic rings. The monoisotopic (exact) mass is 255 g/mol. The maximum absolute atomic E-state index is 4.88. The Labute approximate surface area is 109 Å². The van der Waals surface area contributed by atoms with Gasteiger partial charge in [0, 0.05) is 24.9 Å². The summed E-state index contributed by atoms with van der Waals surface area (Å²) < 4.78 is 0. The van der Waals surface area contributed by atoms with E-state index in [-0.39, 0.29) is 0 Å². The molecule has 2 aliphatic heterocycles. The molecule has 1 unspecified atom stereocenters. The number of nitrogens with zero attached hydrogens (tertiary/aromatic N) is 2. The van der Waals surface area contributed by atoms with Gasteiger partial charge in [0.2, 0.25) is 0 Å². The molecule has 2 saturated heterocycles. The van der Waals surface area contributed by atoms with Crippen LogP contribution in [0.5, 0.6) is 0 Å². The molecule has 2 fully saturated rings. The first kappa shape index (κ1) is 13.2. The van der Waals surface area contributed by atoms with Gasteiger partial charge in [-0.3, -0.25) is 4.99 Å². The normalized spacial score (nSPS) is 30.5. The summed E-state index contributed by atoms with van der Waals surface area (Å²) in [5.41, 5.74) is 0. The smallest absolute Gasteiger partial charge is 0.157 e. The molecule has 0 spiro atoms. The molecule has 0 amide bonds. The fraction of sp³-hybridized carbons (Fsp3) is 0.923. The van der Waals surface area contributed by atoms with Crippen LogP contribution in [0.25, 0.3) is 0 Å². The Bertz CT molecular complexity index is 259. The van der Waals surface area contributed by atoms with Gasteiger partial charge in [0.15, 0.2) is 5.17 Å². The molecule has 1 atom stereocenters.